The number of hydrogen-bond acceptors (Lipinski definition) is 3. The van der Waals surface area contributed by atoms with Crippen LogP contribution in [0.3, 0.4) is 0 Å². The van der Waals surface area contributed by atoms with Gasteiger partial charge in [-0.3, -0.25) is 18.7 Å². The number of benzene rings is 2. The van der Waals surface area contributed by atoms with Gasteiger partial charge in [-0.1, -0.05) is 42.5 Å². The minimum Gasteiger partial charge on any atom is -0.324 e. The summed E-state index contributed by atoms with van der Waals surface area (Å²) in [6, 6.07) is 16.5. The molecule has 1 heterocycles. The Morgan fingerprint density at radius 3 is 2.48 bits per heavy atom. The van der Waals surface area contributed by atoms with E-state index in [0.717, 1.165) is 21.3 Å². The van der Waals surface area contributed by atoms with E-state index in [4.69, 9.17) is 0 Å². The van der Waals surface area contributed by atoms with E-state index in [0.29, 0.717) is 12.2 Å². The molecule has 0 radical (unpaired) electrons. The molecule has 3 aromatic rings. The molecular formula is C21H21N3O3. The zero-order valence-electron chi connectivity index (χ0n) is 15.3. The summed E-state index contributed by atoms with van der Waals surface area (Å²) in [5, 5.41) is 2.78. The van der Waals surface area contributed by atoms with Crippen molar-refractivity contribution in [2.75, 3.05) is 5.32 Å². The van der Waals surface area contributed by atoms with Crippen molar-refractivity contribution in [1.82, 2.24) is 9.13 Å². The molecule has 1 N–H and O–H groups in total. The van der Waals surface area contributed by atoms with Crippen LogP contribution < -0.4 is 16.6 Å². The Morgan fingerprint density at radius 1 is 1.00 bits per heavy atom. The molecule has 6 heteroatoms. The molecule has 0 bridgehead atoms. The predicted octanol–water partition coefficient (Wildman–Crippen LogP) is 2.31. The Labute approximate surface area is 156 Å². The molecule has 2 aromatic carbocycles. The highest BCUT2D eigenvalue weighted by Gasteiger charge is 2.11. The standard InChI is InChI=1S/C21H21N3O3/c1-15-8-9-16(2)18(12-15)22-19(25)14-24-20(26)10-11-23(21(24)27)13-17-6-4-3-5-7-17/h3-12H,13-14H2,1-2H3,(H,22,25). The van der Waals surface area contributed by atoms with Gasteiger partial charge in [0.2, 0.25) is 5.91 Å². The van der Waals surface area contributed by atoms with Crippen LogP contribution in [-0.2, 0) is 17.9 Å². The fourth-order valence-electron chi connectivity index (χ4n) is 2.81. The summed E-state index contributed by atoms with van der Waals surface area (Å²) in [7, 11) is 0. The molecule has 0 aliphatic carbocycles. The molecule has 0 unspecified atom stereocenters. The Balaban J connectivity index is 1.83. The number of hydrogen-bond donors (Lipinski definition) is 1. The van der Waals surface area contributed by atoms with Crippen LogP contribution in [0.2, 0.25) is 0 Å². The maximum atomic E-state index is 12.6. The van der Waals surface area contributed by atoms with Crippen molar-refractivity contribution in [1.29, 1.82) is 0 Å². The highest BCUT2D eigenvalue weighted by atomic mass is 16.2. The summed E-state index contributed by atoms with van der Waals surface area (Å²) in [5.74, 6) is -0.416. The monoisotopic (exact) mass is 363 g/mol. The van der Waals surface area contributed by atoms with Gasteiger partial charge in [0.05, 0.1) is 6.54 Å². The highest BCUT2D eigenvalue weighted by molar-refractivity contribution is 5.91. The zero-order chi connectivity index (χ0) is 19.4. The molecule has 0 atom stereocenters. The fraction of sp³-hybridized carbons (Fsp3) is 0.190. The summed E-state index contributed by atoms with van der Waals surface area (Å²) >= 11 is 0. The number of aryl methyl sites for hydroxylation is 2. The lowest BCUT2D eigenvalue weighted by Gasteiger charge is -2.12. The molecule has 0 fully saturated rings. The van der Waals surface area contributed by atoms with Crippen LogP contribution in [-0.4, -0.2) is 15.0 Å². The van der Waals surface area contributed by atoms with Gasteiger partial charge in [0.1, 0.15) is 6.54 Å². The predicted molar refractivity (Wildman–Crippen MR) is 105 cm³/mol. The maximum absolute atomic E-state index is 12.6. The summed E-state index contributed by atoms with van der Waals surface area (Å²) in [5.41, 5.74) is 2.52. The van der Waals surface area contributed by atoms with E-state index in [2.05, 4.69) is 5.32 Å². The number of rotatable bonds is 5. The third-order valence-corrected chi connectivity index (χ3v) is 4.30. The van der Waals surface area contributed by atoms with Crippen LogP contribution in [0.1, 0.15) is 16.7 Å². The van der Waals surface area contributed by atoms with Crippen LogP contribution in [0.25, 0.3) is 0 Å². The Kier molecular flexibility index (Phi) is 5.35. The van der Waals surface area contributed by atoms with Crippen LogP contribution in [0.5, 0.6) is 0 Å². The number of carbonyl (C=O) groups is 1. The van der Waals surface area contributed by atoms with Gasteiger partial charge in [0.25, 0.3) is 5.56 Å². The number of carbonyl (C=O) groups excluding carboxylic acids is 1. The van der Waals surface area contributed by atoms with Gasteiger partial charge >= 0.3 is 5.69 Å². The third kappa shape index (κ3) is 4.41. The smallest absolute Gasteiger partial charge is 0.324 e. The first-order valence-corrected chi connectivity index (χ1v) is 8.65. The van der Waals surface area contributed by atoms with Crippen molar-refractivity contribution in [3.8, 4) is 0 Å². The Morgan fingerprint density at radius 2 is 1.74 bits per heavy atom. The largest absolute Gasteiger partial charge is 0.331 e. The first-order chi connectivity index (χ1) is 12.9. The molecule has 0 saturated carbocycles. The maximum Gasteiger partial charge on any atom is 0.331 e. The lowest BCUT2D eigenvalue weighted by atomic mass is 10.1. The number of nitrogens with one attached hydrogen (secondary N) is 1. The lowest BCUT2D eigenvalue weighted by molar-refractivity contribution is -0.116. The molecule has 27 heavy (non-hydrogen) atoms. The average Bonchev–Trinajstić information content (AvgIpc) is 2.65. The summed E-state index contributed by atoms with van der Waals surface area (Å²) in [6.07, 6.45) is 1.46. The van der Waals surface area contributed by atoms with E-state index < -0.39 is 17.2 Å². The average molecular weight is 363 g/mol. The third-order valence-electron chi connectivity index (χ3n) is 4.30. The normalized spacial score (nSPS) is 10.6. The second-order valence-electron chi connectivity index (χ2n) is 6.50. The van der Waals surface area contributed by atoms with Gasteiger partial charge in [-0.05, 0) is 36.6 Å². The van der Waals surface area contributed by atoms with Gasteiger partial charge in [-0.25, -0.2) is 4.79 Å². The second kappa shape index (κ2) is 7.86. The van der Waals surface area contributed by atoms with Crippen LogP contribution >= 0.6 is 0 Å². The Hall–Kier alpha value is -3.41. The van der Waals surface area contributed by atoms with Crippen molar-refractivity contribution in [3.63, 3.8) is 0 Å². The van der Waals surface area contributed by atoms with Crippen molar-refractivity contribution < 1.29 is 4.79 Å². The van der Waals surface area contributed by atoms with Gasteiger partial charge in [-0.15, -0.1) is 0 Å². The number of aromatic nitrogens is 2. The van der Waals surface area contributed by atoms with Gasteiger partial charge in [0.15, 0.2) is 0 Å². The van der Waals surface area contributed by atoms with Crippen molar-refractivity contribution in [3.05, 3.63) is 98.3 Å². The number of anilines is 1. The van der Waals surface area contributed by atoms with E-state index >= 15 is 0 Å². The minimum absolute atomic E-state index is 0.332. The lowest BCUT2D eigenvalue weighted by Crippen LogP contribution is -2.41. The summed E-state index contributed by atoms with van der Waals surface area (Å²) < 4.78 is 2.37. The molecule has 0 aliphatic heterocycles. The molecule has 138 valence electrons. The van der Waals surface area contributed by atoms with Gasteiger partial charge < -0.3 is 5.32 Å². The van der Waals surface area contributed by atoms with E-state index in [-0.39, 0.29) is 6.54 Å². The first kappa shape index (κ1) is 18.4. The molecule has 0 spiro atoms. The number of amides is 1. The van der Waals surface area contributed by atoms with E-state index in [1.165, 1.54) is 16.8 Å². The van der Waals surface area contributed by atoms with Crippen LogP contribution in [0, 0.1) is 13.8 Å². The van der Waals surface area contributed by atoms with Gasteiger partial charge in [0, 0.05) is 18.0 Å². The van der Waals surface area contributed by atoms with Crippen LogP contribution in [0.15, 0.2) is 70.4 Å². The molecule has 3 rings (SSSR count). The molecule has 0 aliphatic rings. The summed E-state index contributed by atoms with van der Waals surface area (Å²) in [6.45, 7) is 3.81. The molecule has 0 saturated heterocycles. The molecule has 1 amide bonds. The fourth-order valence-corrected chi connectivity index (χ4v) is 2.81. The minimum atomic E-state index is -0.512. The first-order valence-electron chi connectivity index (χ1n) is 8.65. The molecule has 1 aromatic heterocycles. The van der Waals surface area contributed by atoms with E-state index in [9.17, 15) is 14.4 Å². The highest BCUT2D eigenvalue weighted by Crippen LogP contribution is 2.16. The zero-order valence-corrected chi connectivity index (χ0v) is 15.3. The van der Waals surface area contributed by atoms with Gasteiger partial charge in [-0.2, -0.15) is 0 Å². The van der Waals surface area contributed by atoms with E-state index in [1.54, 1.807) is 0 Å². The quantitative estimate of drug-likeness (QED) is 0.756. The topological polar surface area (TPSA) is 73.1 Å². The second-order valence-corrected chi connectivity index (χ2v) is 6.50. The summed E-state index contributed by atoms with van der Waals surface area (Å²) in [4.78, 5) is 37.2. The van der Waals surface area contributed by atoms with Crippen molar-refractivity contribution in [2.45, 2.75) is 26.9 Å². The van der Waals surface area contributed by atoms with E-state index in [1.807, 2.05) is 62.4 Å². The molecule has 6 nitrogen and oxygen atoms in total. The molecular weight excluding hydrogens is 342 g/mol. The SMILES string of the molecule is Cc1ccc(C)c(NC(=O)Cn2c(=O)ccn(Cc3ccccc3)c2=O)c1. The Bertz CT molecular complexity index is 1080. The van der Waals surface area contributed by atoms with Crippen LogP contribution in [0.4, 0.5) is 5.69 Å². The van der Waals surface area contributed by atoms with Crippen molar-refractivity contribution in [2.24, 2.45) is 0 Å². The number of nitrogens with zero attached hydrogens (tertiary/aromatic N) is 2. The van der Waals surface area contributed by atoms with Crippen molar-refractivity contribution >= 4 is 11.6 Å².